The topological polar surface area (TPSA) is 80.1 Å². The van der Waals surface area contributed by atoms with Crippen molar-refractivity contribution in [2.45, 2.75) is 19.1 Å². The number of nitrogens with one attached hydrogen (secondary N) is 1. The predicted octanol–water partition coefficient (Wildman–Crippen LogP) is 4.42. The smallest absolute Gasteiger partial charge is 0.306 e. The van der Waals surface area contributed by atoms with Crippen molar-refractivity contribution in [3.05, 3.63) is 70.6 Å². The minimum atomic E-state index is -4.61. The number of alkyl halides is 3. The molecule has 0 aliphatic carbocycles. The molecule has 0 unspecified atom stereocenters. The summed E-state index contributed by atoms with van der Waals surface area (Å²) in [6, 6.07) is 7.75. The zero-order valence-electron chi connectivity index (χ0n) is 16.0. The van der Waals surface area contributed by atoms with E-state index in [2.05, 4.69) is 15.4 Å². The first-order valence-electron chi connectivity index (χ1n) is 9.15. The van der Waals surface area contributed by atoms with Crippen molar-refractivity contribution < 1.29 is 22.8 Å². The maximum Gasteiger partial charge on any atom is 0.417 e. The summed E-state index contributed by atoms with van der Waals surface area (Å²) in [6.45, 7) is 1.93. The van der Waals surface area contributed by atoms with Crippen LogP contribution in [-0.4, -0.2) is 33.1 Å². The molecule has 0 saturated heterocycles. The van der Waals surface area contributed by atoms with E-state index in [1.54, 1.807) is 25.1 Å². The van der Waals surface area contributed by atoms with E-state index in [0.717, 1.165) is 12.1 Å². The van der Waals surface area contributed by atoms with Crippen molar-refractivity contribution in [1.29, 1.82) is 0 Å². The Morgan fingerprint density at radius 2 is 2.03 bits per heavy atom. The summed E-state index contributed by atoms with van der Waals surface area (Å²) in [5.74, 6) is -0.847. The molecule has 1 N–H and O–H groups in total. The van der Waals surface area contributed by atoms with Gasteiger partial charge in [-0.25, -0.2) is 4.98 Å². The van der Waals surface area contributed by atoms with Gasteiger partial charge in [-0.3, -0.25) is 14.3 Å². The molecule has 4 rings (SSSR count). The summed E-state index contributed by atoms with van der Waals surface area (Å²) in [5.41, 5.74) is -0.734. The number of fused-ring (bicyclic) bond motifs is 1. The van der Waals surface area contributed by atoms with Gasteiger partial charge in [-0.2, -0.15) is 18.3 Å². The van der Waals surface area contributed by atoms with Gasteiger partial charge in [0, 0.05) is 18.4 Å². The lowest BCUT2D eigenvalue weighted by Crippen LogP contribution is -2.43. The van der Waals surface area contributed by atoms with Gasteiger partial charge in [0.2, 0.25) is 0 Å². The van der Waals surface area contributed by atoms with Gasteiger partial charge in [0.05, 0.1) is 28.4 Å². The van der Waals surface area contributed by atoms with Crippen LogP contribution in [0.5, 0.6) is 0 Å². The van der Waals surface area contributed by atoms with Gasteiger partial charge in [-0.1, -0.05) is 17.7 Å². The molecule has 0 spiro atoms. The lowest BCUT2D eigenvalue weighted by Gasteiger charge is -2.32. The number of aromatic nitrogens is 3. The van der Waals surface area contributed by atoms with Gasteiger partial charge in [0.25, 0.3) is 11.8 Å². The van der Waals surface area contributed by atoms with Crippen LogP contribution in [0.4, 0.5) is 24.7 Å². The van der Waals surface area contributed by atoms with Gasteiger partial charge in [0.15, 0.2) is 0 Å². The molecule has 1 aromatic carbocycles. The van der Waals surface area contributed by atoms with Crippen LogP contribution in [-0.2, 0) is 6.18 Å². The van der Waals surface area contributed by atoms with Crippen molar-refractivity contribution >= 4 is 34.9 Å². The first-order valence-corrected chi connectivity index (χ1v) is 9.53. The quantitative estimate of drug-likeness (QED) is 0.641. The molecule has 7 nitrogen and oxygen atoms in total. The second kappa shape index (κ2) is 7.69. The maximum atomic E-state index is 13.2. The molecule has 1 aliphatic heterocycles. The average Bonchev–Trinajstić information content (AvgIpc) is 3.17. The zero-order valence-corrected chi connectivity index (χ0v) is 16.8. The lowest BCUT2D eigenvalue weighted by atomic mass is 10.1. The number of amides is 2. The van der Waals surface area contributed by atoms with E-state index < -0.39 is 28.6 Å². The fraction of sp³-hybridized carbons (Fsp3) is 0.200. The van der Waals surface area contributed by atoms with Gasteiger partial charge < -0.3 is 10.2 Å². The number of hydrogen-bond acceptors (Lipinski definition) is 4. The molecule has 2 amide bonds. The van der Waals surface area contributed by atoms with Crippen LogP contribution < -0.4 is 10.2 Å². The number of pyridine rings is 1. The van der Waals surface area contributed by atoms with Crippen molar-refractivity contribution in [3.63, 3.8) is 0 Å². The number of nitrogens with zero attached hydrogens (tertiary/aromatic N) is 4. The second-order valence-electron chi connectivity index (χ2n) is 6.95. The molecule has 0 bridgehead atoms. The summed E-state index contributed by atoms with van der Waals surface area (Å²) < 4.78 is 40.5. The van der Waals surface area contributed by atoms with Gasteiger partial charge in [-0.15, -0.1) is 0 Å². The van der Waals surface area contributed by atoms with E-state index in [-0.39, 0.29) is 29.5 Å². The largest absolute Gasteiger partial charge is 0.417 e. The number of carbonyl (C=O) groups is 2. The molecule has 3 heterocycles. The second-order valence-corrected chi connectivity index (χ2v) is 7.35. The third-order valence-corrected chi connectivity index (χ3v) is 5.14. The van der Waals surface area contributed by atoms with Crippen molar-refractivity contribution in [3.8, 4) is 0 Å². The molecule has 11 heteroatoms. The van der Waals surface area contributed by atoms with Gasteiger partial charge >= 0.3 is 6.18 Å². The van der Waals surface area contributed by atoms with Crippen molar-refractivity contribution in [1.82, 2.24) is 14.8 Å². The molecule has 1 atom stereocenters. The Balaban J connectivity index is 1.68. The maximum absolute atomic E-state index is 13.2. The van der Waals surface area contributed by atoms with Crippen LogP contribution in [0.3, 0.4) is 0 Å². The monoisotopic (exact) mass is 449 g/mol. The SMILES string of the molecule is C[C@H]1CN(c2ccc(C(F)(F)F)c(Cl)c2)C(=O)c2c(C(=O)Nc3ccccn3)cnn21. The van der Waals surface area contributed by atoms with E-state index in [0.29, 0.717) is 5.82 Å². The first kappa shape index (κ1) is 20.9. The molecule has 31 heavy (non-hydrogen) atoms. The summed E-state index contributed by atoms with van der Waals surface area (Å²) in [6.07, 6.45) is -1.82. The number of rotatable bonds is 3. The van der Waals surface area contributed by atoms with Gasteiger partial charge in [0.1, 0.15) is 11.5 Å². The summed E-state index contributed by atoms with van der Waals surface area (Å²) >= 11 is 5.82. The molecular weight excluding hydrogens is 435 g/mol. The molecule has 3 aromatic rings. The molecule has 2 aromatic heterocycles. The summed E-state index contributed by atoms with van der Waals surface area (Å²) in [5, 5.41) is 6.24. The van der Waals surface area contributed by atoms with E-state index in [9.17, 15) is 22.8 Å². The molecule has 0 radical (unpaired) electrons. The highest BCUT2D eigenvalue weighted by Gasteiger charge is 2.37. The van der Waals surface area contributed by atoms with E-state index in [1.807, 2.05) is 0 Å². The van der Waals surface area contributed by atoms with E-state index in [1.165, 1.54) is 28.0 Å². The molecule has 1 aliphatic rings. The number of hydrogen-bond donors (Lipinski definition) is 1. The highest BCUT2D eigenvalue weighted by molar-refractivity contribution is 6.32. The number of benzene rings is 1. The standard InChI is InChI=1S/C20H15ClF3N5O2/c1-11-10-28(12-5-6-14(15(21)8-12)20(22,23)24)19(31)17-13(9-26-29(11)17)18(30)27-16-4-2-3-7-25-16/h2-9,11H,10H2,1H3,(H,25,27,30)/t11-/m0/s1. The number of anilines is 2. The predicted molar refractivity (Wildman–Crippen MR) is 107 cm³/mol. The zero-order chi connectivity index (χ0) is 22.3. The highest BCUT2D eigenvalue weighted by Crippen LogP contribution is 2.37. The molecule has 0 saturated carbocycles. The Bertz CT molecular complexity index is 1160. The Morgan fingerprint density at radius 1 is 1.26 bits per heavy atom. The Hall–Kier alpha value is -3.40. The van der Waals surface area contributed by atoms with Crippen LogP contribution in [0.25, 0.3) is 0 Å². The fourth-order valence-corrected chi connectivity index (χ4v) is 3.65. The van der Waals surface area contributed by atoms with E-state index >= 15 is 0 Å². The van der Waals surface area contributed by atoms with Crippen LogP contribution in [0.1, 0.15) is 39.4 Å². The first-order chi connectivity index (χ1) is 14.7. The van der Waals surface area contributed by atoms with Crippen LogP contribution in [0.15, 0.2) is 48.8 Å². The third kappa shape index (κ3) is 3.86. The number of halogens is 4. The number of carbonyl (C=O) groups excluding carboxylic acids is 2. The highest BCUT2D eigenvalue weighted by atomic mass is 35.5. The van der Waals surface area contributed by atoms with Crippen LogP contribution >= 0.6 is 11.6 Å². The normalized spacial score (nSPS) is 16.2. The van der Waals surface area contributed by atoms with Crippen LogP contribution in [0.2, 0.25) is 5.02 Å². The lowest BCUT2D eigenvalue weighted by molar-refractivity contribution is -0.137. The minimum absolute atomic E-state index is 0.0307. The summed E-state index contributed by atoms with van der Waals surface area (Å²) in [7, 11) is 0. The van der Waals surface area contributed by atoms with Crippen LogP contribution in [0, 0.1) is 0 Å². The average molecular weight is 450 g/mol. The van der Waals surface area contributed by atoms with Crippen molar-refractivity contribution in [2.75, 3.05) is 16.8 Å². The van der Waals surface area contributed by atoms with Crippen molar-refractivity contribution in [2.24, 2.45) is 0 Å². The van der Waals surface area contributed by atoms with Gasteiger partial charge in [-0.05, 0) is 37.3 Å². The Labute approximate surface area is 179 Å². The Kier molecular flexibility index (Phi) is 5.18. The molecule has 0 fully saturated rings. The summed E-state index contributed by atoms with van der Waals surface area (Å²) in [4.78, 5) is 31.2. The van der Waals surface area contributed by atoms with E-state index in [4.69, 9.17) is 11.6 Å². The molecular formula is C20H15ClF3N5O2. The third-order valence-electron chi connectivity index (χ3n) is 4.83. The molecule has 160 valence electrons. The Morgan fingerprint density at radius 3 is 2.68 bits per heavy atom. The fourth-order valence-electron chi connectivity index (χ4n) is 3.37. The minimum Gasteiger partial charge on any atom is -0.306 e.